The Hall–Kier alpha value is -0.670. The molecule has 1 aliphatic heterocycles. The standard InChI is InChI=1S/C18H27NOS/c1-2-11-19-18(17-8-3-4-12-21-17)14-6-5-7-16(13-14)20-15-9-10-15/h5-7,13,15,17-19H,2-4,8-12H2,1H3. The normalized spacial score (nSPS) is 23.8. The number of rotatable bonds is 7. The van der Waals surface area contributed by atoms with Crippen molar-refractivity contribution in [1.29, 1.82) is 0 Å². The van der Waals surface area contributed by atoms with Gasteiger partial charge in [-0.2, -0.15) is 11.8 Å². The van der Waals surface area contributed by atoms with E-state index < -0.39 is 0 Å². The summed E-state index contributed by atoms with van der Waals surface area (Å²) in [5.41, 5.74) is 1.40. The molecule has 1 heterocycles. The molecular weight excluding hydrogens is 278 g/mol. The molecule has 2 unspecified atom stereocenters. The fourth-order valence-electron chi connectivity index (χ4n) is 2.95. The number of ether oxygens (including phenoxy) is 1. The molecule has 2 atom stereocenters. The summed E-state index contributed by atoms with van der Waals surface area (Å²) in [6.45, 7) is 3.33. The van der Waals surface area contributed by atoms with Gasteiger partial charge in [0.05, 0.1) is 6.10 Å². The molecule has 0 bridgehead atoms. The van der Waals surface area contributed by atoms with Crippen molar-refractivity contribution in [2.24, 2.45) is 0 Å². The number of benzene rings is 1. The monoisotopic (exact) mass is 305 g/mol. The fraction of sp³-hybridized carbons (Fsp3) is 0.667. The third-order valence-corrected chi connectivity index (χ3v) is 5.71. The zero-order valence-corrected chi connectivity index (χ0v) is 13.8. The molecule has 1 aromatic rings. The molecule has 2 fully saturated rings. The van der Waals surface area contributed by atoms with Crippen LogP contribution in [0.5, 0.6) is 5.75 Å². The van der Waals surface area contributed by atoms with Gasteiger partial charge in [-0.05, 0) is 62.1 Å². The number of hydrogen-bond acceptors (Lipinski definition) is 3. The second-order valence-corrected chi connectivity index (χ2v) is 7.57. The summed E-state index contributed by atoms with van der Waals surface area (Å²) < 4.78 is 5.97. The highest BCUT2D eigenvalue weighted by atomic mass is 32.2. The molecule has 0 amide bonds. The third kappa shape index (κ3) is 4.40. The average molecular weight is 305 g/mol. The Morgan fingerprint density at radius 1 is 1.29 bits per heavy atom. The molecule has 3 heteroatoms. The van der Waals surface area contributed by atoms with Crippen LogP contribution in [-0.4, -0.2) is 23.7 Å². The smallest absolute Gasteiger partial charge is 0.120 e. The molecule has 2 nitrogen and oxygen atoms in total. The largest absolute Gasteiger partial charge is 0.490 e. The molecule has 1 saturated carbocycles. The van der Waals surface area contributed by atoms with E-state index in [4.69, 9.17) is 4.74 Å². The van der Waals surface area contributed by atoms with Crippen molar-refractivity contribution >= 4 is 11.8 Å². The molecule has 0 radical (unpaired) electrons. The van der Waals surface area contributed by atoms with E-state index in [2.05, 4.69) is 48.3 Å². The number of nitrogens with one attached hydrogen (secondary N) is 1. The van der Waals surface area contributed by atoms with Crippen molar-refractivity contribution in [3.8, 4) is 5.75 Å². The number of thioether (sulfide) groups is 1. The summed E-state index contributed by atoms with van der Waals surface area (Å²) in [5.74, 6) is 2.37. The Balaban J connectivity index is 1.73. The van der Waals surface area contributed by atoms with E-state index in [0.717, 1.165) is 12.3 Å². The van der Waals surface area contributed by atoms with Crippen LogP contribution in [0, 0.1) is 0 Å². The molecule has 1 aliphatic carbocycles. The number of hydrogen-bond donors (Lipinski definition) is 1. The zero-order chi connectivity index (χ0) is 14.5. The van der Waals surface area contributed by atoms with Crippen LogP contribution in [0.15, 0.2) is 24.3 Å². The molecule has 21 heavy (non-hydrogen) atoms. The molecule has 1 aromatic carbocycles. The highest BCUT2D eigenvalue weighted by molar-refractivity contribution is 8.00. The van der Waals surface area contributed by atoms with Crippen LogP contribution in [-0.2, 0) is 0 Å². The third-order valence-electron chi connectivity index (χ3n) is 4.25. The maximum atomic E-state index is 5.97. The van der Waals surface area contributed by atoms with Crippen molar-refractivity contribution in [3.63, 3.8) is 0 Å². The van der Waals surface area contributed by atoms with Gasteiger partial charge in [0.25, 0.3) is 0 Å². The van der Waals surface area contributed by atoms with E-state index in [9.17, 15) is 0 Å². The molecule has 0 aromatic heterocycles. The average Bonchev–Trinajstić information content (AvgIpc) is 3.33. The topological polar surface area (TPSA) is 21.3 Å². The Morgan fingerprint density at radius 2 is 2.19 bits per heavy atom. The van der Waals surface area contributed by atoms with Gasteiger partial charge in [-0.25, -0.2) is 0 Å². The van der Waals surface area contributed by atoms with Gasteiger partial charge in [-0.3, -0.25) is 0 Å². The van der Waals surface area contributed by atoms with E-state index in [1.54, 1.807) is 0 Å². The maximum absolute atomic E-state index is 5.97. The Bertz CT molecular complexity index is 441. The van der Waals surface area contributed by atoms with Crippen molar-refractivity contribution < 1.29 is 4.74 Å². The summed E-state index contributed by atoms with van der Waals surface area (Å²) in [6.07, 6.45) is 8.20. The van der Waals surface area contributed by atoms with Gasteiger partial charge in [-0.1, -0.05) is 25.5 Å². The molecule has 3 rings (SSSR count). The van der Waals surface area contributed by atoms with Crippen LogP contribution in [0.3, 0.4) is 0 Å². The quantitative estimate of drug-likeness (QED) is 0.798. The molecular formula is C18H27NOS. The minimum atomic E-state index is 0.470. The van der Waals surface area contributed by atoms with Gasteiger partial charge in [0.2, 0.25) is 0 Å². The fourth-order valence-corrected chi connectivity index (χ4v) is 4.40. The molecule has 1 N–H and O–H groups in total. The Kier molecular flexibility index (Phi) is 5.48. The van der Waals surface area contributed by atoms with Crippen LogP contribution in [0.4, 0.5) is 0 Å². The summed E-state index contributed by atoms with van der Waals surface area (Å²) in [7, 11) is 0. The van der Waals surface area contributed by atoms with Crippen molar-refractivity contribution in [1.82, 2.24) is 5.32 Å². The highest BCUT2D eigenvalue weighted by Crippen LogP contribution is 2.36. The molecule has 116 valence electrons. The van der Waals surface area contributed by atoms with Crippen LogP contribution in [0.2, 0.25) is 0 Å². The van der Waals surface area contributed by atoms with Crippen molar-refractivity contribution in [2.45, 2.75) is 62.8 Å². The molecule has 0 spiro atoms. The van der Waals surface area contributed by atoms with E-state index in [0.29, 0.717) is 17.4 Å². The lowest BCUT2D eigenvalue weighted by Crippen LogP contribution is -2.32. The van der Waals surface area contributed by atoms with Gasteiger partial charge >= 0.3 is 0 Å². The first-order chi connectivity index (χ1) is 10.4. The first-order valence-corrected chi connectivity index (χ1v) is 9.53. The lowest BCUT2D eigenvalue weighted by Gasteiger charge is -2.31. The van der Waals surface area contributed by atoms with Crippen molar-refractivity contribution in [2.75, 3.05) is 12.3 Å². The Morgan fingerprint density at radius 3 is 2.90 bits per heavy atom. The Labute approximate surface area is 133 Å². The SMILES string of the molecule is CCCNC(c1cccc(OC2CC2)c1)C1CCCCS1. The first-order valence-electron chi connectivity index (χ1n) is 8.48. The van der Waals surface area contributed by atoms with Gasteiger partial charge in [0, 0.05) is 11.3 Å². The summed E-state index contributed by atoms with van der Waals surface area (Å²) in [4.78, 5) is 0. The predicted octanol–water partition coefficient (Wildman–Crippen LogP) is 4.55. The molecule has 2 aliphatic rings. The van der Waals surface area contributed by atoms with E-state index in [1.807, 2.05) is 0 Å². The van der Waals surface area contributed by atoms with E-state index in [1.165, 1.54) is 49.8 Å². The highest BCUT2D eigenvalue weighted by Gasteiger charge is 2.27. The lowest BCUT2D eigenvalue weighted by atomic mass is 9.99. The van der Waals surface area contributed by atoms with Crippen LogP contribution >= 0.6 is 11.8 Å². The lowest BCUT2D eigenvalue weighted by molar-refractivity contribution is 0.302. The summed E-state index contributed by atoms with van der Waals surface area (Å²) in [6, 6.07) is 9.26. The van der Waals surface area contributed by atoms with E-state index in [-0.39, 0.29) is 0 Å². The molecule has 1 saturated heterocycles. The van der Waals surface area contributed by atoms with Gasteiger partial charge in [0.1, 0.15) is 5.75 Å². The minimum Gasteiger partial charge on any atom is -0.490 e. The maximum Gasteiger partial charge on any atom is 0.120 e. The first kappa shape index (κ1) is 15.2. The van der Waals surface area contributed by atoms with Gasteiger partial charge in [0.15, 0.2) is 0 Å². The van der Waals surface area contributed by atoms with Crippen molar-refractivity contribution in [3.05, 3.63) is 29.8 Å². The predicted molar refractivity (Wildman–Crippen MR) is 91.2 cm³/mol. The minimum absolute atomic E-state index is 0.470. The zero-order valence-electron chi connectivity index (χ0n) is 13.0. The van der Waals surface area contributed by atoms with Crippen LogP contribution in [0.25, 0.3) is 0 Å². The van der Waals surface area contributed by atoms with Gasteiger partial charge in [-0.15, -0.1) is 0 Å². The second-order valence-electron chi connectivity index (χ2n) is 6.23. The summed E-state index contributed by atoms with van der Waals surface area (Å²) in [5, 5.41) is 4.48. The second kappa shape index (κ2) is 7.55. The summed E-state index contributed by atoms with van der Waals surface area (Å²) >= 11 is 2.15. The van der Waals surface area contributed by atoms with Crippen LogP contribution in [0.1, 0.15) is 57.1 Å². The van der Waals surface area contributed by atoms with Crippen LogP contribution < -0.4 is 10.1 Å². The van der Waals surface area contributed by atoms with Gasteiger partial charge < -0.3 is 10.1 Å². The van der Waals surface area contributed by atoms with E-state index >= 15 is 0 Å².